The monoisotopic (exact) mass is 294 g/mol. The van der Waals surface area contributed by atoms with E-state index in [1.807, 2.05) is 25.2 Å². The number of hydrogen-bond acceptors (Lipinski definition) is 4. The Hall–Kier alpha value is -1.75. The molecule has 1 rings (SSSR count). The lowest BCUT2D eigenvalue weighted by Crippen LogP contribution is -2.37. The van der Waals surface area contributed by atoms with E-state index < -0.39 is 6.10 Å². The number of benzene rings is 1. The summed E-state index contributed by atoms with van der Waals surface area (Å²) in [6, 6.07) is 5.57. The van der Waals surface area contributed by atoms with E-state index in [4.69, 9.17) is 9.47 Å². The molecule has 0 fully saturated rings. The minimum absolute atomic E-state index is 0.0883. The molecule has 1 unspecified atom stereocenters. The maximum Gasteiger partial charge on any atom is 0.260 e. The normalized spacial score (nSPS) is 11.8. The molecule has 0 aliphatic carbocycles. The van der Waals surface area contributed by atoms with E-state index >= 15 is 0 Å². The van der Waals surface area contributed by atoms with Crippen LogP contribution in [0.2, 0.25) is 0 Å². The second-order valence-electron chi connectivity index (χ2n) is 4.91. The van der Waals surface area contributed by atoms with Gasteiger partial charge in [-0.25, -0.2) is 0 Å². The largest absolute Gasteiger partial charge is 0.497 e. The minimum atomic E-state index is -0.522. The number of carbonyl (C=O) groups is 1. The van der Waals surface area contributed by atoms with E-state index in [0.29, 0.717) is 18.8 Å². The van der Waals surface area contributed by atoms with Crippen molar-refractivity contribution in [1.29, 1.82) is 0 Å². The molecule has 0 saturated carbocycles. The lowest BCUT2D eigenvalue weighted by Gasteiger charge is -2.18. The van der Waals surface area contributed by atoms with Crippen molar-refractivity contribution in [3.63, 3.8) is 0 Å². The Morgan fingerprint density at radius 2 is 2.14 bits per heavy atom. The molecular weight excluding hydrogens is 268 g/mol. The standard InChI is InChI=1S/C16H26N2O3/c1-5-6-9-18-16(19)12(2)21-15-8-7-14(20-4)10-13(15)11-17-3/h7-8,10,12,17H,5-6,9,11H2,1-4H3,(H,18,19). The third-order valence-electron chi connectivity index (χ3n) is 3.14. The Balaban J connectivity index is 2.69. The fraction of sp³-hybridized carbons (Fsp3) is 0.562. The van der Waals surface area contributed by atoms with Gasteiger partial charge in [0.15, 0.2) is 6.10 Å². The van der Waals surface area contributed by atoms with Gasteiger partial charge in [-0.3, -0.25) is 4.79 Å². The molecule has 1 atom stereocenters. The maximum absolute atomic E-state index is 11.9. The molecule has 0 saturated heterocycles. The van der Waals surface area contributed by atoms with Crippen LogP contribution in [0, 0.1) is 0 Å². The van der Waals surface area contributed by atoms with E-state index in [2.05, 4.69) is 17.6 Å². The van der Waals surface area contributed by atoms with Crippen molar-refractivity contribution >= 4 is 5.91 Å². The van der Waals surface area contributed by atoms with Crippen LogP contribution in [0.4, 0.5) is 0 Å². The molecule has 0 spiro atoms. The van der Waals surface area contributed by atoms with Crippen LogP contribution in [0.1, 0.15) is 32.3 Å². The van der Waals surface area contributed by atoms with E-state index in [0.717, 1.165) is 24.2 Å². The van der Waals surface area contributed by atoms with E-state index in [1.54, 1.807) is 14.0 Å². The van der Waals surface area contributed by atoms with Crippen molar-refractivity contribution in [3.05, 3.63) is 23.8 Å². The fourth-order valence-electron chi connectivity index (χ4n) is 1.90. The van der Waals surface area contributed by atoms with E-state index in [1.165, 1.54) is 0 Å². The summed E-state index contributed by atoms with van der Waals surface area (Å²) < 4.78 is 11.0. The molecule has 0 heterocycles. The zero-order valence-corrected chi connectivity index (χ0v) is 13.4. The second-order valence-corrected chi connectivity index (χ2v) is 4.91. The van der Waals surface area contributed by atoms with Crippen LogP contribution in [-0.2, 0) is 11.3 Å². The highest BCUT2D eigenvalue weighted by atomic mass is 16.5. The number of nitrogens with one attached hydrogen (secondary N) is 2. The zero-order chi connectivity index (χ0) is 15.7. The maximum atomic E-state index is 11.9. The Bertz CT molecular complexity index is 449. The third-order valence-corrected chi connectivity index (χ3v) is 3.14. The summed E-state index contributed by atoms with van der Waals surface area (Å²) in [5.74, 6) is 1.38. The summed E-state index contributed by atoms with van der Waals surface area (Å²) in [6.07, 6.45) is 1.51. The number of methoxy groups -OCH3 is 1. The lowest BCUT2D eigenvalue weighted by atomic mass is 10.2. The van der Waals surface area contributed by atoms with Gasteiger partial charge >= 0.3 is 0 Å². The van der Waals surface area contributed by atoms with Gasteiger partial charge < -0.3 is 20.1 Å². The molecule has 0 aromatic heterocycles. The molecule has 1 amide bonds. The number of unbranched alkanes of at least 4 members (excludes halogenated alkanes) is 1. The molecule has 5 nitrogen and oxygen atoms in total. The predicted octanol–water partition coefficient (Wildman–Crippen LogP) is 2.10. The molecule has 2 N–H and O–H groups in total. The smallest absolute Gasteiger partial charge is 0.260 e. The molecule has 1 aromatic carbocycles. The van der Waals surface area contributed by atoms with Gasteiger partial charge in [-0.15, -0.1) is 0 Å². The van der Waals surface area contributed by atoms with Crippen LogP contribution in [0.5, 0.6) is 11.5 Å². The molecule has 0 radical (unpaired) electrons. The molecule has 0 aliphatic heterocycles. The van der Waals surface area contributed by atoms with Crippen molar-refractivity contribution < 1.29 is 14.3 Å². The third kappa shape index (κ3) is 5.63. The highest BCUT2D eigenvalue weighted by Crippen LogP contribution is 2.25. The van der Waals surface area contributed by atoms with Crippen LogP contribution in [0.15, 0.2) is 18.2 Å². The topological polar surface area (TPSA) is 59.6 Å². The van der Waals surface area contributed by atoms with Crippen LogP contribution < -0.4 is 20.1 Å². The first-order valence-electron chi connectivity index (χ1n) is 7.38. The minimum Gasteiger partial charge on any atom is -0.497 e. The first kappa shape index (κ1) is 17.3. The quantitative estimate of drug-likeness (QED) is 0.685. The Morgan fingerprint density at radius 1 is 1.38 bits per heavy atom. The molecule has 21 heavy (non-hydrogen) atoms. The van der Waals surface area contributed by atoms with Gasteiger partial charge in [-0.1, -0.05) is 13.3 Å². The SMILES string of the molecule is CCCCNC(=O)C(C)Oc1ccc(OC)cc1CNC. The lowest BCUT2D eigenvalue weighted by molar-refractivity contribution is -0.127. The first-order chi connectivity index (χ1) is 10.1. The highest BCUT2D eigenvalue weighted by molar-refractivity contribution is 5.80. The number of rotatable bonds is 9. The Kier molecular flexibility index (Phi) is 7.61. The summed E-state index contributed by atoms with van der Waals surface area (Å²) in [6.45, 7) is 5.19. The average Bonchev–Trinajstić information content (AvgIpc) is 2.49. The second kappa shape index (κ2) is 9.23. The number of amides is 1. The average molecular weight is 294 g/mol. The summed E-state index contributed by atoms with van der Waals surface area (Å²) in [7, 11) is 3.49. The predicted molar refractivity (Wildman–Crippen MR) is 83.8 cm³/mol. The Morgan fingerprint density at radius 3 is 2.76 bits per heavy atom. The van der Waals surface area contributed by atoms with Crippen molar-refractivity contribution in [3.8, 4) is 11.5 Å². The summed E-state index contributed by atoms with van der Waals surface area (Å²) >= 11 is 0. The number of hydrogen-bond donors (Lipinski definition) is 2. The van der Waals surface area contributed by atoms with Crippen molar-refractivity contribution in [2.75, 3.05) is 20.7 Å². The van der Waals surface area contributed by atoms with Crippen LogP contribution in [-0.4, -0.2) is 32.7 Å². The Labute approximate surface area is 127 Å². The zero-order valence-electron chi connectivity index (χ0n) is 13.4. The summed E-state index contributed by atoms with van der Waals surface area (Å²) in [5, 5.41) is 5.96. The molecule has 0 aliphatic rings. The van der Waals surface area contributed by atoms with Gasteiger partial charge in [0.25, 0.3) is 5.91 Å². The highest BCUT2D eigenvalue weighted by Gasteiger charge is 2.16. The van der Waals surface area contributed by atoms with Gasteiger partial charge in [0.2, 0.25) is 0 Å². The van der Waals surface area contributed by atoms with Crippen molar-refractivity contribution in [2.24, 2.45) is 0 Å². The van der Waals surface area contributed by atoms with Gasteiger partial charge in [0.1, 0.15) is 11.5 Å². The van der Waals surface area contributed by atoms with Crippen LogP contribution in [0.25, 0.3) is 0 Å². The molecule has 1 aromatic rings. The van der Waals surface area contributed by atoms with Gasteiger partial charge in [-0.05, 0) is 38.6 Å². The van der Waals surface area contributed by atoms with Crippen molar-refractivity contribution in [2.45, 2.75) is 39.3 Å². The number of ether oxygens (including phenoxy) is 2. The van der Waals surface area contributed by atoms with Crippen molar-refractivity contribution in [1.82, 2.24) is 10.6 Å². The van der Waals surface area contributed by atoms with Crippen LogP contribution >= 0.6 is 0 Å². The molecular formula is C16H26N2O3. The van der Waals surface area contributed by atoms with Gasteiger partial charge in [0.05, 0.1) is 7.11 Å². The van der Waals surface area contributed by atoms with Crippen LogP contribution in [0.3, 0.4) is 0 Å². The molecule has 5 heteroatoms. The fourth-order valence-corrected chi connectivity index (χ4v) is 1.90. The number of carbonyl (C=O) groups excluding carboxylic acids is 1. The first-order valence-corrected chi connectivity index (χ1v) is 7.38. The summed E-state index contributed by atoms with van der Waals surface area (Å²) in [4.78, 5) is 11.9. The van der Waals surface area contributed by atoms with E-state index in [-0.39, 0.29) is 5.91 Å². The van der Waals surface area contributed by atoms with Gasteiger partial charge in [0, 0.05) is 18.7 Å². The van der Waals surface area contributed by atoms with Gasteiger partial charge in [-0.2, -0.15) is 0 Å². The molecule has 0 bridgehead atoms. The van der Waals surface area contributed by atoms with E-state index in [9.17, 15) is 4.79 Å². The molecule has 118 valence electrons. The summed E-state index contributed by atoms with van der Waals surface area (Å²) in [5.41, 5.74) is 0.963.